The third kappa shape index (κ3) is 3.98. The molecule has 0 saturated carbocycles. The van der Waals surface area contributed by atoms with Crippen molar-refractivity contribution < 1.29 is 19.1 Å². The zero-order chi connectivity index (χ0) is 18.7. The first-order chi connectivity index (χ1) is 12.5. The predicted molar refractivity (Wildman–Crippen MR) is 101 cm³/mol. The van der Waals surface area contributed by atoms with Crippen LogP contribution in [-0.4, -0.2) is 29.1 Å². The molecule has 1 aliphatic heterocycles. The molecule has 5 nitrogen and oxygen atoms in total. The van der Waals surface area contributed by atoms with Crippen LogP contribution < -0.4 is 0 Å². The van der Waals surface area contributed by atoms with Gasteiger partial charge in [-0.2, -0.15) is 0 Å². The highest BCUT2D eigenvalue weighted by atomic mass is 35.5. The molecule has 0 N–H and O–H groups in total. The highest BCUT2D eigenvalue weighted by Gasteiger charge is 2.34. The van der Waals surface area contributed by atoms with Crippen LogP contribution in [0.3, 0.4) is 0 Å². The maximum atomic E-state index is 12.5. The minimum absolute atomic E-state index is 0.170. The van der Waals surface area contributed by atoms with E-state index in [0.717, 1.165) is 17.3 Å². The Labute approximate surface area is 159 Å². The van der Waals surface area contributed by atoms with Crippen molar-refractivity contribution in [1.29, 1.82) is 0 Å². The van der Waals surface area contributed by atoms with E-state index in [2.05, 4.69) is 4.74 Å². The molecule has 1 aliphatic rings. The van der Waals surface area contributed by atoms with Crippen molar-refractivity contribution in [3.63, 3.8) is 0 Å². The topological polar surface area (TPSA) is 63.7 Å². The van der Waals surface area contributed by atoms with Gasteiger partial charge < -0.3 is 4.74 Å². The van der Waals surface area contributed by atoms with Crippen molar-refractivity contribution in [2.45, 2.75) is 6.54 Å². The molecule has 0 spiro atoms. The van der Waals surface area contributed by atoms with Gasteiger partial charge in [0.2, 0.25) is 0 Å². The van der Waals surface area contributed by atoms with E-state index in [9.17, 15) is 14.4 Å². The van der Waals surface area contributed by atoms with Crippen molar-refractivity contribution in [2.75, 3.05) is 7.11 Å². The average molecular weight is 388 g/mol. The Hall–Kier alpha value is -2.57. The zero-order valence-electron chi connectivity index (χ0n) is 13.8. The number of ether oxygens (including phenoxy) is 1. The molecule has 7 heteroatoms. The summed E-state index contributed by atoms with van der Waals surface area (Å²) < 4.78 is 4.65. The van der Waals surface area contributed by atoms with E-state index >= 15 is 0 Å². The maximum Gasteiger partial charge on any atom is 0.337 e. The van der Waals surface area contributed by atoms with Gasteiger partial charge >= 0.3 is 5.97 Å². The summed E-state index contributed by atoms with van der Waals surface area (Å²) in [6.07, 6.45) is 1.63. The summed E-state index contributed by atoms with van der Waals surface area (Å²) in [6, 6.07) is 13.6. The van der Waals surface area contributed by atoms with Crippen LogP contribution in [0.4, 0.5) is 4.79 Å². The summed E-state index contributed by atoms with van der Waals surface area (Å²) in [5, 5.41) is 0.225. The average Bonchev–Trinajstić information content (AvgIpc) is 2.89. The molecule has 132 valence electrons. The van der Waals surface area contributed by atoms with Gasteiger partial charge in [-0.1, -0.05) is 35.9 Å². The standard InChI is InChI=1S/C19H14ClNO4S/c1-25-18(23)14-7-5-12(6-8-14)10-16-17(22)21(19(24)26-16)11-13-3-2-4-15(20)9-13/h2-10H,11H2,1H3/b16-10-. The molecule has 2 aromatic rings. The Balaban J connectivity index is 1.77. The van der Waals surface area contributed by atoms with E-state index in [1.165, 1.54) is 12.0 Å². The van der Waals surface area contributed by atoms with E-state index in [1.54, 1.807) is 48.5 Å². The number of imide groups is 1. The van der Waals surface area contributed by atoms with E-state index in [-0.39, 0.29) is 17.7 Å². The fourth-order valence-corrected chi connectivity index (χ4v) is 3.49. The predicted octanol–water partition coefficient (Wildman–Crippen LogP) is 4.36. The summed E-state index contributed by atoms with van der Waals surface area (Å²) in [5.41, 5.74) is 1.91. The molecule has 0 aromatic heterocycles. The van der Waals surface area contributed by atoms with Crippen molar-refractivity contribution in [3.8, 4) is 0 Å². The highest BCUT2D eigenvalue weighted by molar-refractivity contribution is 8.18. The number of methoxy groups -OCH3 is 1. The minimum Gasteiger partial charge on any atom is -0.465 e. The summed E-state index contributed by atoms with van der Waals surface area (Å²) in [7, 11) is 1.31. The molecule has 0 atom stereocenters. The van der Waals surface area contributed by atoms with Gasteiger partial charge in [0.15, 0.2) is 0 Å². The molecule has 0 unspecified atom stereocenters. The van der Waals surface area contributed by atoms with Crippen LogP contribution in [0.5, 0.6) is 0 Å². The lowest BCUT2D eigenvalue weighted by Gasteiger charge is -2.12. The highest BCUT2D eigenvalue weighted by Crippen LogP contribution is 2.33. The van der Waals surface area contributed by atoms with Crippen LogP contribution >= 0.6 is 23.4 Å². The minimum atomic E-state index is -0.432. The van der Waals surface area contributed by atoms with Gasteiger partial charge in [0.05, 0.1) is 24.1 Å². The van der Waals surface area contributed by atoms with Crippen molar-refractivity contribution in [3.05, 3.63) is 75.1 Å². The Morgan fingerprint density at radius 3 is 2.58 bits per heavy atom. The lowest BCUT2D eigenvalue weighted by Crippen LogP contribution is -2.27. The molecule has 1 saturated heterocycles. The van der Waals surface area contributed by atoms with Crippen molar-refractivity contribution in [1.82, 2.24) is 4.90 Å². The summed E-state index contributed by atoms with van der Waals surface area (Å²) in [5.74, 6) is -0.782. The molecule has 1 fully saturated rings. The number of hydrogen-bond acceptors (Lipinski definition) is 5. The summed E-state index contributed by atoms with van der Waals surface area (Å²) >= 11 is 6.84. The summed E-state index contributed by atoms with van der Waals surface area (Å²) in [4.78, 5) is 37.7. The first kappa shape index (κ1) is 18.2. The number of carbonyl (C=O) groups is 3. The van der Waals surface area contributed by atoms with Crippen LogP contribution in [0.2, 0.25) is 5.02 Å². The van der Waals surface area contributed by atoms with Gasteiger partial charge in [0.1, 0.15) is 0 Å². The normalized spacial score (nSPS) is 15.6. The number of amides is 2. The Morgan fingerprint density at radius 2 is 1.92 bits per heavy atom. The van der Waals surface area contributed by atoms with E-state index in [4.69, 9.17) is 11.6 Å². The number of thioether (sulfide) groups is 1. The quantitative estimate of drug-likeness (QED) is 0.576. The smallest absolute Gasteiger partial charge is 0.337 e. The summed E-state index contributed by atoms with van der Waals surface area (Å²) in [6.45, 7) is 0.170. The molecule has 2 aromatic carbocycles. The SMILES string of the molecule is COC(=O)c1ccc(/C=C2\SC(=O)N(Cc3cccc(Cl)c3)C2=O)cc1. The van der Waals surface area contributed by atoms with Crippen LogP contribution in [0.15, 0.2) is 53.4 Å². The molecule has 26 heavy (non-hydrogen) atoms. The van der Waals surface area contributed by atoms with Crippen molar-refractivity contribution in [2.24, 2.45) is 0 Å². The first-order valence-electron chi connectivity index (χ1n) is 7.66. The number of nitrogens with zero attached hydrogens (tertiary/aromatic N) is 1. The second kappa shape index (κ2) is 7.76. The van der Waals surface area contributed by atoms with E-state index in [0.29, 0.717) is 21.1 Å². The molecular weight excluding hydrogens is 374 g/mol. The number of halogens is 1. The van der Waals surface area contributed by atoms with Crippen molar-refractivity contribution >= 4 is 46.6 Å². The van der Waals surface area contributed by atoms with E-state index in [1.807, 2.05) is 6.07 Å². The van der Waals surface area contributed by atoms with Gasteiger partial charge in [-0.15, -0.1) is 0 Å². The Bertz CT molecular complexity index is 908. The van der Waals surface area contributed by atoms with Crippen LogP contribution in [0, 0.1) is 0 Å². The number of rotatable bonds is 4. The molecular formula is C19H14ClNO4S. The number of carbonyl (C=O) groups excluding carboxylic acids is 3. The monoisotopic (exact) mass is 387 g/mol. The van der Waals surface area contributed by atoms with E-state index < -0.39 is 5.97 Å². The van der Waals surface area contributed by atoms with Gasteiger partial charge in [-0.05, 0) is 53.2 Å². The molecule has 0 aliphatic carbocycles. The number of benzene rings is 2. The number of esters is 1. The largest absolute Gasteiger partial charge is 0.465 e. The van der Waals surface area contributed by atoms with Gasteiger partial charge in [0.25, 0.3) is 11.1 Å². The first-order valence-corrected chi connectivity index (χ1v) is 8.85. The maximum absolute atomic E-state index is 12.5. The lowest BCUT2D eigenvalue weighted by atomic mass is 10.1. The second-order valence-corrected chi connectivity index (χ2v) is 6.94. The molecule has 0 bridgehead atoms. The van der Waals surface area contributed by atoms with Gasteiger partial charge in [-0.3, -0.25) is 14.5 Å². The number of hydrogen-bond donors (Lipinski definition) is 0. The third-order valence-corrected chi connectivity index (χ3v) is 4.88. The molecule has 3 rings (SSSR count). The Morgan fingerprint density at radius 1 is 1.19 bits per heavy atom. The Kier molecular flexibility index (Phi) is 5.44. The molecule has 0 radical (unpaired) electrons. The molecule has 2 amide bonds. The van der Waals surface area contributed by atoms with Gasteiger partial charge in [-0.25, -0.2) is 4.79 Å². The van der Waals surface area contributed by atoms with Crippen LogP contribution in [-0.2, 0) is 16.1 Å². The second-order valence-electron chi connectivity index (χ2n) is 5.51. The fraction of sp³-hybridized carbons (Fsp3) is 0.105. The molecule has 1 heterocycles. The third-order valence-electron chi connectivity index (χ3n) is 3.73. The van der Waals surface area contributed by atoms with Crippen LogP contribution in [0.1, 0.15) is 21.5 Å². The lowest BCUT2D eigenvalue weighted by molar-refractivity contribution is -0.123. The zero-order valence-corrected chi connectivity index (χ0v) is 15.3. The van der Waals surface area contributed by atoms with Crippen LogP contribution in [0.25, 0.3) is 6.08 Å². The fourth-order valence-electron chi connectivity index (χ4n) is 2.44. The van der Waals surface area contributed by atoms with Gasteiger partial charge in [0, 0.05) is 5.02 Å².